The van der Waals surface area contributed by atoms with Crippen LogP contribution in [0.3, 0.4) is 0 Å². The van der Waals surface area contributed by atoms with E-state index >= 15 is 0 Å². The number of nitrogens with zero attached hydrogens (tertiary/aromatic N) is 1. The van der Waals surface area contributed by atoms with Crippen molar-refractivity contribution in [3.8, 4) is 5.75 Å². The zero-order valence-electron chi connectivity index (χ0n) is 10.4. The molecule has 1 aromatic rings. The quantitative estimate of drug-likeness (QED) is 0.869. The normalized spacial score (nSPS) is 13.4. The molecule has 0 spiro atoms. The molecule has 2 nitrogen and oxygen atoms in total. The van der Waals surface area contributed by atoms with Crippen LogP contribution >= 0.6 is 11.6 Å². The minimum absolute atomic E-state index is 0.168. The van der Waals surface area contributed by atoms with Gasteiger partial charge in [-0.05, 0) is 38.1 Å². The van der Waals surface area contributed by atoms with E-state index in [1.54, 1.807) is 12.1 Å². The zero-order valence-corrected chi connectivity index (χ0v) is 11.1. The lowest BCUT2D eigenvalue weighted by Gasteiger charge is -2.27. The van der Waals surface area contributed by atoms with Gasteiger partial charge in [0.2, 0.25) is 0 Å². The summed E-state index contributed by atoms with van der Waals surface area (Å²) in [6.45, 7) is 7.43. The summed E-state index contributed by atoms with van der Waals surface area (Å²) in [5, 5.41) is 10.5. The lowest BCUT2D eigenvalue weighted by Crippen LogP contribution is -2.26. The highest BCUT2D eigenvalue weighted by atomic mass is 35.5. The maximum absolute atomic E-state index is 9.80. The van der Waals surface area contributed by atoms with Crippen molar-refractivity contribution in [3.05, 3.63) is 28.8 Å². The summed E-state index contributed by atoms with van der Waals surface area (Å²) in [6.07, 6.45) is 0. The second-order valence-electron chi connectivity index (χ2n) is 4.71. The molecule has 1 unspecified atom stereocenters. The third kappa shape index (κ3) is 3.39. The van der Waals surface area contributed by atoms with Gasteiger partial charge in [-0.1, -0.05) is 25.4 Å². The first-order valence-electron chi connectivity index (χ1n) is 5.60. The summed E-state index contributed by atoms with van der Waals surface area (Å²) in [5.74, 6) is 0.918. The van der Waals surface area contributed by atoms with Crippen LogP contribution < -0.4 is 0 Å². The number of hydrogen-bond acceptors (Lipinski definition) is 2. The largest absolute Gasteiger partial charge is 0.508 e. The fourth-order valence-corrected chi connectivity index (χ4v) is 2.01. The molecule has 1 rings (SSSR count). The van der Waals surface area contributed by atoms with Gasteiger partial charge in [0, 0.05) is 23.2 Å². The number of phenols is 1. The lowest BCUT2D eigenvalue weighted by molar-refractivity contribution is 0.229. The Kier molecular flexibility index (Phi) is 4.63. The maximum Gasteiger partial charge on any atom is 0.120 e. The predicted octanol–water partition coefficient (Wildman–Crippen LogP) is 3.69. The van der Waals surface area contributed by atoms with Gasteiger partial charge < -0.3 is 5.11 Å². The molecule has 0 aliphatic carbocycles. The number of halogens is 1. The highest BCUT2D eigenvalue weighted by Gasteiger charge is 2.16. The summed E-state index contributed by atoms with van der Waals surface area (Å²) >= 11 is 5.94. The molecular formula is C13H20ClNO. The SMILES string of the molecule is CC(C)CN(C)C(C)c1cc(Cl)ccc1O. The highest BCUT2D eigenvalue weighted by molar-refractivity contribution is 6.30. The number of hydrogen-bond donors (Lipinski definition) is 1. The molecule has 1 atom stereocenters. The molecule has 90 valence electrons. The fourth-order valence-electron chi connectivity index (χ4n) is 1.83. The molecule has 0 fully saturated rings. The molecule has 0 aromatic heterocycles. The van der Waals surface area contributed by atoms with E-state index in [-0.39, 0.29) is 6.04 Å². The van der Waals surface area contributed by atoms with Gasteiger partial charge in [0.1, 0.15) is 5.75 Å². The Morgan fingerprint density at radius 2 is 1.94 bits per heavy atom. The molecular weight excluding hydrogens is 222 g/mol. The van der Waals surface area contributed by atoms with Crippen molar-refractivity contribution in [1.82, 2.24) is 4.90 Å². The van der Waals surface area contributed by atoms with Crippen molar-refractivity contribution in [1.29, 1.82) is 0 Å². The van der Waals surface area contributed by atoms with Crippen molar-refractivity contribution < 1.29 is 5.11 Å². The maximum atomic E-state index is 9.80. The van der Waals surface area contributed by atoms with Crippen LogP contribution in [0.15, 0.2) is 18.2 Å². The summed E-state index contributed by atoms with van der Waals surface area (Å²) in [7, 11) is 2.06. The standard InChI is InChI=1S/C13H20ClNO/c1-9(2)8-15(4)10(3)12-7-11(14)5-6-13(12)16/h5-7,9-10,16H,8H2,1-4H3. The van der Waals surface area contributed by atoms with Gasteiger partial charge in [-0.15, -0.1) is 0 Å². The number of aromatic hydroxyl groups is 1. The Morgan fingerprint density at radius 1 is 1.31 bits per heavy atom. The van der Waals surface area contributed by atoms with Gasteiger partial charge in [0.25, 0.3) is 0 Å². The third-order valence-corrected chi connectivity index (χ3v) is 2.99. The Balaban J connectivity index is 2.86. The summed E-state index contributed by atoms with van der Waals surface area (Å²) in [4.78, 5) is 2.22. The van der Waals surface area contributed by atoms with Crippen molar-refractivity contribution in [2.24, 2.45) is 5.92 Å². The van der Waals surface area contributed by atoms with E-state index in [4.69, 9.17) is 11.6 Å². The van der Waals surface area contributed by atoms with Gasteiger partial charge in [0.15, 0.2) is 0 Å². The molecule has 0 heterocycles. The van der Waals surface area contributed by atoms with Crippen LogP contribution in [0.2, 0.25) is 5.02 Å². The van der Waals surface area contributed by atoms with Crippen LogP contribution in [-0.2, 0) is 0 Å². The van der Waals surface area contributed by atoms with Crippen LogP contribution in [0.1, 0.15) is 32.4 Å². The average Bonchev–Trinajstić information content (AvgIpc) is 2.19. The van der Waals surface area contributed by atoms with Crippen LogP contribution in [-0.4, -0.2) is 23.6 Å². The predicted molar refractivity (Wildman–Crippen MR) is 69.0 cm³/mol. The number of benzene rings is 1. The molecule has 0 radical (unpaired) electrons. The van der Waals surface area contributed by atoms with Crippen molar-refractivity contribution in [3.63, 3.8) is 0 Å². The van der Waals surface area contributed by atoms with E-state index in [1.807, 2.05) is 6.07 Å². The smallest absolute Gasteiger partial charge is 0.120 e. The van der Waals surface area contributed by atoms with Crippen LogP contribution in [0.5, 0.6) is 5.75 Å². The van der Waals surface area contributed by atoms with E-state index in [0.29, 0.717) is 16.7 Å². The second kappa shape index (κ2) is 5.55. The monoisotopic (exact) mass is 241 g/mol. The Bertz CT molecular complexity index is 352. The van der Waals surface area contributed by atoms with E-state index in [1.165, 1.54) is 0 Å². The average molecular weight is 242 g/mol. The first-order chi connectivity index (χ1) is 7.41. The molecule has 16 heavy (non-hydrogen) atoms. The topological polar surface area (TPSA) is 23.5 Å². The molecule has 3 heteroatoms. The molecule has 0 amide bonds. The van der Waals surface area contributed by atoms with Gasteiger partial charge in [-0.2, -0.15) is 0 Å². The fraction of sp³-hybridized carbons (Fsp3) is 0.538. The number of phenolic OH excluding ortho intramolecular Hbond substituents is 1. The highest BCUT2D eigenvalue weighted by Crippen LogP contribution is 2.30. The molecule has 0 saturated carbocycles. The van der Waals surface area contributed by atoms with Gasteiger partial charge >= 0.3 is 0 Å². The summed E-state index contributed by atoms with van der Waals surface area (Å²) < 4.78 is 0. The molecule has 1 aromatic carbocycles. The molecule has 0 aliphatic heterocycles. The van der Waals surface area contributed by atoms with Crippen molar-refractivity contribution in [2.75, 3.05) is 13.6 Å². The van der Waals surface area contributed by atoms with E-state index in [2.05, 4.69) is 32.7 Å². The Morgan fingerprint density at radius 3 is 2.50 bits per heavy atom. The van der Waals surface area contributed by atoms with Crippen LogP contribution in [0.4, 0.5) is 0 Å². The van der Waals surface area contributed by atoms with Crippen LogP contribution in [0.25, 0.3) is 0 Å². The van der Waals surface area contributed by atoms with E-state index in [9.17, 15) is 5.11 Å². The zero-order chi connectivity index (χ0) is 12.3. The molecule has 0 aliphatic rings. The molecule has 0 saturated heterocycles. The van der Waals surface area contributed by atoms with E-state index < -0.39 is 0 Å². The first-order valence-corrected chi connectivity index (χ1v) is 5.98. The first kappa shape index (κ1) is 13.3. The Labute approximate surface area is 103 Å². The number of rotatable bonds is 4. The Hall–Kier alpha value is -0.730. The summed E-state index contributed by atoms with van der Waals surface area (Å²) in [5.41, 5.74) is 0.885. The van der Waals surface area contributed by atoms with Gasteiger partial charge in [-0.3, -0.25) is 4.90 Å². The second-order valence-corrected chi connectivity index (χ2v) is 5.15. The molecule has 1 N–H and O–H groups in total. The van der Waals surface area contributed by atoms with Crippen molar-refractivity contribution in [2.45, 2.75) is 26.8 Å². The lowest BCUT2D eigenvalue weighted by atomic mass is 10.0. The van der Waals surface area contributed by atoms with Crippen LogP contribution in [0, 0.1) is 5.92 Å². The van der Waals surface area contributed by atoms with E-state index in [0.717, 1.165) is 12.1 Å². The van der Waals surface area contributed by atoms with Crippen molar-refractivity contribution >= 4 is 11.6 Å². The minimum atomic E-state index is 0.168. The molecule has 0 bridgehead atoms. The third-order valence-electron chi connectivity index (χ3n) is 2.75. The minimum Gasteiger partial charge on any atom is -0.508 e. The summed E-state index contributed by atoms with van der Waals surface area (Å²) in [6, 6.07) is 5.35. The van der Waals surface area contributed by atoms with Gasteiger partial charge in [0.05, 0.1) is 0 Å². The van der Waals surface area contributed by atoms with Gasteiger partial charge in [-0.25, -0.2) is 0 Å².